The fourth-order valence-electron chi connectivity index (χ4n) is 1.89. The zero-order chi connectivity index (χ0) is 17.2. The van der Waals surface area contributed by atoms with E-state index in [-0.39, 0.29) is 11.7 Å². The van der Waals surface area contributed by atoms with Crippen molar-refractivity contribution in [2.45, 2.75) is 40.2 Å². The summed E-state index contributed by atoms with van der Waals surface area (Å²) < 4.78 is 5.42. The Hall–Kier alpha value is -2.32. The Morgan fingerprint density at radius 2 is 2.13 bits per heavy atom. The maximum atomic E-state index is 12.1. The highest BCUT2D eigenvalue weighted by molar-refractivity contribution is 6.06. The van der Waals surface area contributed by atoms with Crippen LogP contribution in [-0.4, -0.2) is 25.2 Å². The molecular formula is C18H25N3O2. The molecule has 0 aliphatic heterocycles. The van der Waals surface area contributed by atoms with Crippen LogP contribution in [0.25, 0.3) is 0 Å². The average Bonchev–Trinajstić information content (AvgIpc) is 2.50. The molecule has 0 bridgehead atoms. The summed E-state index contributed by atoms with van der Waals surface area (Å²) in [4.78, 5) is 12.1. The lowest BCUT2D eigenvalue weighted by Gasteiger charge is -2.10. The molecule has 0 aliphatic carbocycles. The van der Waals surface area contributed by atoms with E-state index in [1.54, 1.807) is 0 Å². The van der Waals surface area contributed by atoms with Gasteiger partial charge in [-0.15, -0.1) is 0 Å². The number of nitrogens with one attached hydrogen (secondary N) is 2. The van der Waals surface area contributed by atoms with Crippen LogP contribution >= 0.6 is 0 Å². The van der Waals surface area contributed by atoms with E-state index in [9.17, 15) is 4.79 Å². The summed E-state index contributed by atoms with van der Waals surface area (Å²) in [5.74, 6) is -0.410. The van der Waals surface area contributed by atoms with Gasteiger partial charge in [0.05, 0.1) is 6.10 Å². The highest BCUT2D eigenvalue weighted by Gasteiger charge is 2.10. The van der Waals surface area contributed by atoms with Gasteiger partial charge >= 0.3 is 0 Å². The minimum absolute atomic E-state index is 0.0516. The van der Waals surface area contributed by atoms with Gasteiger partial charge in [-0.2, -0.15) is 5.26 Å². The van der Waals surface area contributed by atoms with Gasteiger partial charge in [-0.25, -0.2) is 0 Å². The van der Waals surface area contributed by atoms with Crippen molar-refractivity contribution in [2.75, 3.05) is 18.5 Å². The summed E-state index contributed by atoms with van der Waals surface area (Å²) in [6.07, 6.45) is 2.48. The Morgan fingerprint density at radius 3 is 2.78 bits per heavy atom. The summed E-state index contributed by atoms with van der Waals surface area (Å²) in [6, 6.07) is 7.60. The van der Waals surface area contributed by atoms with Crippen molar-refractivity contribution in [1.82, 2.24) is 5.32 Å². The Balaban J connectivity index is 2.53. The van der Waals surface area contributed by atoms with Gasteiger partial charge in [-0.3, -0.25) is 4.79 Å². The van der Waals surface area contributed by atoms with Crippen LogP contribution in [0.3, 0.4) is 0 Å². The Labute approximate surface area is 138 Å². The number of hydrogen-bond donors (Lipinski definition) is 2. The number of aryl methyl sites for hydroxylation is 1. The standard InChI is InChI=1S/C18H25N3O2/c1-13(2)23-10-6-9-20-12-16(11-19)18(22)21-17-8-5-7-14(3)15(17)4/h5,7-8,12-13,20H,6,9-10H2,1-4H3,(H,21,22)/b16-12-. The predicted octanol–water partition coefficient (Wildman–Crippen LogP) is 3.05. The zero-order valence-corrected chi connectivity index (χ0v) is 14.3. The third kappa shape index (κ3) is 6.54. The molecular weight excluding hydrogens is 290 g/mol. The molecule has 1 rings (SSSR count). The van der Waals surface area contributed by atoms with Crippen LogP contribution in [-0.2, 0) is 9.53 Å². The van der Waals surface area contributed by atoms with E-state index in [1.807, 2.05) is 52.0 Å². The molecule has 0 spiro atoms. The van der Waals surface area contributed by atoms with E-state index in [1.165, 1.54) is 6.20 Å². The van der Waals surface area contributed by atoms with Gasteiger partial charge in [0.2, 0.25) is 0 Å². The van der Waals surface area contributed by atoms with Gasteiger partial charge in [0.25, 0.3) is 5.91 Å². The molecule has 0 saturated carbocycles. The number of carbonyl (C=O) groups is 1. The molecule has 0 heterocycles. The van der Waals surface area contributed by atoms with Crippen molar-refractivity contribution < 1.29 is 9.53 Å². The molecule has 5 heteroatoms. The number of anilines is 1. The first-order chi connectivity index (χ1) is 11.0. The smallest absolute Gasteiger partial charge is 0.267 e. The number of carbonyl (C=O) groups excluding carboxylic acids is 1. The maximum absolute atomic E-state index is 12.1. The maximum Gasteiger partial charge on any atom is 0.267 e. The SMILES string of the molecule is Cc1cccc(NC(=O)/C(C#N)=C\NCCCOC(C)C)c1C. The van der Waals surface area contributed by atoms with Crippen molar-refractivity contribution in [3.05, 3.63) is 41.1 Å². The second kappa shape index (κ2) is 9.65. The van der Waals surface area contributed by atoms with Gasteiger partial charge in [-0.1, -0.05) is 12.1 Å². The average molecular weight is 315 g/mol. The van der Waals surface area contributed by atoms with E-state index in [2.05, 4.69) is 10.6 Å². The molecule has 0 unspecified atom stereocenters. The van der Waals surface area contributed by atoms with Crippen LogP contribution in [0.2, 0.25) is 0 Å². The van der Waals surface area contributed by atoms with Crippen molar-refractivity contribution in [3.8, 4) is 6.07 Å². The van der Waals surface area contributed by atoms with E-state index in [0.717, 1.165) is 23.2 Å². The van der Waals surface area contributed by atoms with Gasteiger partial charge in [0, 0.05) is 25.0 Å². The van der Waals surface area contributed by atoms with E-state index < -0.39 is 5.91 Å². The second-order valence-corrected chi connectivity index (χ2v) is 5.60. The summed E-state index contributed by atoms with van der Waals surface area (Å²) in [5.41, 5.74) is 2.86. The van der Waals surface area contributed by atoms with Crippen LogP contribution in [0.1, 0.15) is 31.4 Å². The number of rotatable bonds is 8. The molecule has 0 saturated heterocycles. The number of nitrogens with zero attached hydrogens (tertiary/aromatic N) is 1. The number of benzene rings is 1. The third-order valence-electron chi connectivity index (χ3n) is 3.38. The molecule has 1 amide bonds. The first kappa shape index (κ1) is 18.7. The van der Waals surface area contributed by atoms with Gasteiger partial charge < -0.3 is 15.4 Å². The Bertz CT molecular complexity index is 601. The van der Waals surface area contributed by atoms with Crippen LogP contribution < -0.4 is 10.6 Å². The van der Waals surface area contributed by atoms with Gasteiger partial charge in [0.1, 0.15) is 11.6 Å². The van der Waals surface area contributed by atoms with Crippen molar-refractivity contribution in [2.24, 2.45) is 0 Å². The number of nitriles is 1. The van der Waals surface area contributed by atoms with Crippen LogP contribution in [0.15, 0.2) is 30.0 Å². The Morgan fingerprint density at radius 1 is 1.39 bits per heavy atom. The van der Waals surface area contributed by atoms with Gasteiger partial charge in [-0.05, 0) is 51.3 Å². The minimum Gasteiger partial charge on any atom is -0.390 e. The quantitative estimate of drug-likeness (QED) is 0.439. The highest BCUT2D eigenvalue weighted by atomic mass is 16.5. The lowest BCUT2D eigenvalue weighted by Crippen LogP contribution is -2.18. The molecule has 2 N–H and O–H groups in total. The monoisotopic (exact) mass is 315 g/mol. The molecule has 1 aromatic carbocycles. The summed E-state index contributed by atoms with van der Waals surface area (Å²) in [5, 5.41) is 14.9. The minimum atomic E-state index is -0.410. The molecule has 0 radical (unpaired) electrons. The predicted molar refractivity (Wildman–Crippen MR) is 91.9 cm³/mol. The molecule has 0 aromatic heterocycles. The summed E-state index contributed by atoms with van der Waals surface area (Å²) in [6.45, 7) is 9.18. The van der Waals surface area contributed by atoms with Crippen LogP contribution in [0, 0.1) is 25.2 Å². The van der Waals surface area contributed by atoms with Gasteiger partial charge in [0.15, 0.2) is 0 Å². The number of amides is 1. The normalized spacial score (nSPS) is 11.2. The molecule has 0 atom stereocenters. The topological polar surface area (TPSA) is 74.2 Å². The summed E-state index contributed by atoms with van der Waals surface area (Å²) >= 11 is 0. The zero-order valence-electron chi connectivity index (χ0n) is 14.3. The number of ether oxygens (including phenoxy) is 1. The molecule has 5 nitrogen and oxygen atoms in total. The second-order valence-electron chi connectivity index (χ2n) is 5.60. The fraction of sp³-hybridized carbons (Fsp3) is 0.444. The molecule has 0 fully saturated rings. The summed E-state index contributed by atoms with van der Waals surface area (Å²) in [7, 11) is 0. The first-order valence-electron chi connectivity index (χ1n) is 7.78. The Kier molecular flexibility index (Phi) is 7.86. The van der Waals surface area contributed by atoms with Crippen molar-refractivity contribution >= 4 is 11.6 Å². The lowest BCUT2D eigenvalue weighted by molar-refractivity contribution is -0.112. The fourth-order valence-corrected chi connectivity index (χ4v) is 1.89. The van der Waals surface area contributed by atoms with E-state index >= 15 is 0 Å². The van der Waals surface area contributed by atoms with Crippen molar-refractivity contribution in [1.29, 1.82) is 5.26 Å². The molecule has 1 aromatic rings. The first-order valence-corrected chi connectivity index (χ1v) is 7.78. The van der Waals surface area contributed by atoms with E-state index in [0.29, 0.717) is 13.2 Å². The molecule has 23 heavy (non-hydrogen) atoms. The molecule has 0 aliphatic rings. The third-order valence-corrected chi connectivity index (χ3v) is 3.38. The van der Waals surface area contributed by atoms with E-state index in [4.69, 9.17) is 10.00 Å². The number of hydrogen-bond acceptors (Lipinski definition) is 4. The molecule has 124 valence electrons. The highest BCUT2D eigenvalue weighted by Crippen LogP contribution is 2.18. The largest absolute Gasteiger partial charge is 0.390 e. The van der Waals surface area contributed by atoms with Crippen molar-refractivity contribution in [3.63, 3.8) is 0 Å². The lowest BCUT2D eigenvalue weighted by atomic mass is 10.1. The van der Waals surface area contributed by atoms with Crippen LogP contribution in [0.4, 0.5) is 5.69 Å². The van der Waals surface area contributed by atoms with Crippen LogP contribution in [0.5, 0.6) is 0 Å².